The molecule has 4 aromatic heterocycles. The fourth-order valence-electron chi connectivity index (χ4n) is 3.90. The zero-order valence-corrected chi connectivity index (χ0v) is 16.5. The summed E-state index contributed by atoms with van der Waals surface area (Å²) in [6.07, 6.45) is 9.81. The maximum atomic E-state index is 4.95. The van der Waals surface area contributed by atoms with Gasteiger partial charge in [0.25, 0.3) is 0 Å². The highest BCUT2D eigenvalue weighted by atomic mass is 15.4. The van der Waals surface area contributed by atoms with Gasteiger partial charge in [-0.3, -0.25) is 14.1 Å². The molecule has 29 heavy (non-hydrogen) atoms. The first-order valence-electron chi connectivity index (χ1n) is 9.69. The first kappa shape index (κ1) is 17.5. The molecule has 1 aliphatic rings. The summed E-state index contributed by atoms with van der Waals surface area (Å²) in [5.41, 5.74) is 1.65. The molecule has 0 N–H and O–H groups in total. The lowest BCUT2D eigenvalue weighted by atomic mass is 10.1. The maximum Gasteiger partial charge on any atom is 0.237 e. The van der Waals surface area contributed by atoms with Crippen LogP contribution in [0.2, 0.25) is 0 Å². The van der Waals surface area contributed by atoms with Crippen molar-refractivity contribution in [1.29, 1.82) is 0 Å². The zero-order chi connectivity index (χ0) is 20.0. The lowest BCUT2D eigenvalue weighted by molar-refractivity contribution is 0.497. The van der Waals surface area contributed by atoms with E-state index >= 15 is 0 Å². The molecule has 9 heteroatoms. The Morgan fingerprint density at radius 1 is 1.07 bits per heavy atom. The maximum absolute atomic E-state index is 4.95. The van der Waals surface area contributed by atoms with E-state index in [9.17, 15) is 0 Å². The van der Waals surface area contributed by atoms with E-state index in [1.807, 2.05) is 39.7 Å². The van der Waals surface area contributed by atoms with Crippen molar-refractivity contribution in [3.63, 3.8) is 0 Å². The molecule has 4 aromatic rings. The Morgan fingerprint density at radius 2 is 1.97 bits per heavy atom. The number of anilines is 1. The molecule has 5 heterocycles. The number of aromatic nitrogens is 8. The summed E-state index contributed by atoms with van der Waals surface area (Å²) in [5.74, 6) is 3.04. The first-order chi connectivity index (χ1) is 14.2. The van der Waals surface area contributed by atoms with Crippen LogP contribution in [0.3, 0.4) is 0 Å². The minimum atomic E-state index is 0.103. The van der Waals surface area contributed by atoms with E-state index < -0.39 is 0 Å². The third-order valence-corrected chi connectivity index (χ3v) is 5.14. The van der Waals surface area contributed by atoms with Gasteiger partial charge in [0.15, 0.2) is 17.5 Å². The molecular weight excluding hydrogens is 366 g/mol. The van der Waals surface area contributed by atoms with Crippen LogP contribution in [-0.4, -0.2) is 45.3 Å². The topological polar surface area (TPSA) is 90.4 Å². The van der Waals surface area contributed by atoms with Gasteiger partial charge in [-0.2, -0.15) is 4.98 Å². The van der Waals surface area contributed by atoms with Crippen molar-refractivity contribution in [3.05, 3.63) is 55.1 Å². The second kappa shape index (κ2) is 6.77. The second-order valence-electron chi connectivity index (χ2n) is 7.20. The molecule has 0 amide bonds. The monoisotopic (exact) mass is 387 g/mol. The Labute approximate surface area is 168 Å². The summed E-state index contributed by atoms with van der Waals surface area (Å²) in [6, 6.07) is 6.09. The molecule has 0 unspecified atom stereocenters. The zero-order valence-electron chi connectivity index (χ0n) is 16.5. The van der Waals surface area contributed by atoms with Crippen molar-refractivity contribution in [2.75, 3.05) is 4.90 Å². The van der Waals surface area contributed by atoms with Crippen molar-refractivity contribution in [2.45, 2.75) is 39.3 Å². The van der Waals surface area contributed by atoms with Crippen LogP contribution in [0, 0.1) is 0 Å². The van der Waals surface area contributed by atoms with E-state index in [1.54, 1.807) is 18.7 Å². The quantitative estimate of drug-likeness (QED) is 0.532. The normalized spacial score (nSPS) is 15.4. The van der Waals surface area contributed by atoms with Crippen LogP contribution in [0.5, 0.6) is 0 Å². The van der Waals surface area contributed by atoms with Crippen LogP contribution < -0.4 is 4.90 Å². The van der Waals surface area contributed by atoms with Gasteiger partial charge in [-0.05, 0) is 32.4 Å². The highest BCUT2D eigenvalue weighted by molar-refractivity contribution is 5.63. The van der Waals surface area contributed by atoms with Gasteiger partial charge >= 0.3 is 0 Å². The Morgan fingerprint density at radius 3 is 2.72 bits per heavy atom. The molecule has 0 fully saturated rings. The Bertz CT molecular complexity index is 1150. The fourth-order valence-corrected chi connectivity index (χ4v) is 3.90. The summed E-state index contributed by atoms with van der Waals surface area (Å²) in [7, 11) is 0. The van der Waals surface area contributed by atoms with Gasteiger partial charge in [0.05, 0.1) is 12.2 Å². The van der Waals surface area contributed by atoms with E-state index in [0.717, 1.165) is 29.4 Å². The van der Waals surface area contributed by atoms with E-state index in [1.165, 1.54) is 0 Å². The van der Waals surface area contributed by atoms with Gasteiger partial charge in [0, 0.05) is 24.6 Å². The highest BCUT2D eigenvalue weighted by Crippen LogP contribution is 2.39. The average molecular weight is 387 g/mol. The van der Waals surface area contributed by atoms with Crippen molar-refractivity contribution in [1.82, 2.24) is 39.3 Å². The van der Waals surface area contributed by atoms with E-state index in [4.69, 9.17) is 4.98 Å². The van der Waals surface area contributed by atoms with Crippen molar-refractivity contribution in [2.24, 2.45) is 0 Å². The van der Waals surface area contributed by atoms with Crippen LogP contribution in [0.1, 0.15) is 39.1 Å². The SMILES string of the molecule is CC[C@@H]1c2nncn2-c2cnc(-n3ccnc3-c3ccccn3)nc2N1C(C)C. The Hall–Kier alpha value is -3.62. The number of fused-ring (bicyclic) bond motifs is 3. The lowest BCUT2D eigenvalue weighted by Crippen LogP contribution is -2.40. The van der Waals surface area contributed by atoms with Crippen LogP contribution in [0.25, 0.3) is 23.2 Å². The van der Waals surface area contributed by atoms with Crippen LogP contribution in [-0.2, 0) is 0 Å². The van der Waals surface area contributed by atoms with E-state index in [-0.39, 0.29) is 12.1 Å². The molecule has 146 valence electrons. The van der Waals surface area contributed by atoms with Gasteiger partial charge < -0.3 is 4.90 Å². The van der Waals surface area contributed by atoms with Gasteiger partial charge in [-0.15, -0.1) is 10.2 Å². The molecule has 9 nitrogen and oxygen atoms in total. The smallest absolute Gasteiger partial charge is 0.237 e. The minimum Gasteiger partial charge on any atom is -0.342 e. The third kappa shape index (κ3) is 2.69. The molecule has 5 rings (SSSR count). The van der Waals surface area contributed by atoms with Gasteiger partial charge in [0.1, 0.15) is 17.7 Å². The van der Waals surface area contributed by atoms with Crippen LogP contribution in [0.15, 0.2) is 49.3 Å². The van der Waals surface area contributed by atoms with Crippen LogP contribution in [0.4, 0.5) is 5.82 Å². The molecule has 1 atom stereocenters. The molecular formula is C20H21N9. The second-order valence-corrected chi connectivity index (χ2v) is 7.20. The standard InChI is InChI=1S/C20H21N9/c1-4-15-19-26-24-12-28(19)16-11-23-20(25-18(16)29(15)13(2)3)27-10-9-22-17(27)14-7-5-6-8-21-14/h5-13,15H,4H2,1-3H3/t15-/m1/s1. The number of hydrogen-bond acceptors (Lipinski definition) is 7. The first-order valence-corrected chi connectivity index (χ1v) is 9.69. The molecule has 0 spiro atoms. The summed E-state index contributed by atoms with van der Waals surface area (Å²) in [6.45, 7) is 6.48. The third-order valence-electron chi connectivity index (χ3n) is 5.14. The fraction of sp³-hybridized carbons (Fsp3) is 0.300. The Kier molecular flexibility index (Phi) is 4.08. The lowest BCUT2D eigenvalue weighted by Gasteiger charge is -2.39. The van der Waals surface area contributed by atoms with E-state index in [0.29, 0.717) is 11.8 Å². The molecule has 0 saturated carbocycles. The molecule has 0 aromatic carbocycles. The molecule has 0 bridgehead atoms. The molecule has 0 saturated heterocycles. The summed E-state index contributed by atoms with van der Waals surface area (Å²) in [4.78, 5) is 20.8. The summed E-state index contributed by atoms with van der Waals surface area (Å²) >= 11 is 0. The van der Waals surface area contributed by atoms with E-state index in [2.05, 4.69) is 50.8 Å². The Balaban J connectivity index is 1.68. The van der Waals surface area contributed by atoms with Crippen molar-refractivity contribution >= 4 is 5.82 Å². The van der Waals surface area contributed by atoms with Gasteiger partial charge in [-0.25, -0.2) is 9.97 Å². The number of nitrogens with zero attached hydrogens (tertiary/aromatic N) is 9. The van der Waals surface area contributed by atoms with Gasteiger partial charge in [-0.1, -0.05) is 13.0 Å². The predicted octanol–water partition coefficient (Wildman–Crippen LogP) is 2.98. The number of hydrogen-bond donors (Lipinski definition) is 0. The number of rotatable bonds is 4. The van der Waals surface area contributed by atoms with Crippen molar-refractivity contribution in [3.8, 4) is 23.2 Å². The number of pyridine rings is 1. The summed E-state index contributed by atoms with van der Waals surface area (Å²) in [5, 5.41) is 8.49. The molecule has 1 aliphatic heterocycles. The van der Waals surface area contributed by atoms with Crippen molar-refractivity contribution < 1.29 is 0 Å². The number of imidazole rings is 1. The molecule has 0 aliphatic carbocycles. The minimum absolute atomic E-state index is 0.103. The van der Waals surface area contributed by atoms with Gasteiger partial charge in [0.2, 0.25) is 5.95 Å². The largest absolute Gasteiger partial charge is 0.342 e. The predicted molar refractivity (Wildman–Crippen MR) is 108 cm³/mol. The summed E-state index contributed by atoms with van der Waals surface area (Å²) < 4.78 is 3.85. The van der Waals surface area contributed by atoms with Crippen LogP contribution >= 0.6 is 0 Å². The molecule has 0 radical (unpaired) electrons. The highest BCUT2D eigenvalue weighted by Gasteiger charge is 2.35. The average Bonchev–Trinajstić information content (AvgIpc) is 3.42.